The molecule has 1 N–H and O–H groups in total. The van der Waals surface area contributed by atoms with E-state index >= 15 is 0 Å². The van der Waals surface area contributed by atoms with E-state index in [0.717, 1.165) is 17.0 Å². The smallest absolute Gasteiger partial charge is 0.252 e. The molecule has 0 bridgehead atoms. The number of imide groups is 1. The van der Waals surface area contributed by atoms with Crippen molar-refractivity contribution in [1.82, 2.24) is 4.90 Å². The van der Waals surface area contributed by atoms with Crippen molar-refractivity contribution in [2.75, 3.05) is 12.4 Å². The summed E-state index contributed by atoms with van der Waals surface area (Å²) in [6.07, 6.45) is 0.178. The number of ether oxygens (including phenoxy) is 1. The van der Waals surface area contributed by atoms with Crippen LogP contribution in [-0.2, 0) is 16.1 Å². The summed E-state index contributed by atoms with van der Waals surface area (Å²) in [5.41, 5.74) is 1.73. The molecule has 23 heavy (non-hydrogen) atoms. The molecule has 0 spiro atoms. The van der Waals surface area contributed by atoms with Crippen molar-refractivity contribution < 1.29 is 14.3 Å². The molecule has 3 rings (SSSR count). The molecule has 5 nitrogen and oxygen atoms in total. The monoisotopic (exact) mass is 310 g/mol. The number of rotatable bonds is 5. The van der Waals surface area contributed by atoms with Crippen molar-refractivity contribution in [3.8, 4) is 5.75 Å². The van der Waals surface area contributed by atoms with Crippen LogP contribution < -0.4 is 10.1 Å². The zero-order valence-corrected chi connectivity index (χ0v) is 12.9. The van der Waals surface area contributed by atoms with Crippen LogP contribution in [0.3, 0.4) is 0 Å². The van der Waals surface area contributed by atoms with Crippen molar-refractivity contribution in [1.29, 1.82) is 0 Å². The fraction of sp³-hybridized carbons (Fsp3) is 0.222. The minimum absolute atomic E-state index is 0.148. The second-order valence-electron chi connectivity index (χ2n) is 5.43. The molecule has 0 unspecified atom stereocenters. The molecular formula is C18H18N2O3. The van der Waals surface area contributed by atoms with E-state index in [2.05, 4.69) is 5.32 Å². The number of hydrogen-bond donors (Lipinski definition) is 1. The lowest BCUT2D eigenvalue weighted by molar-refractivity contribution is -0.139. The summed E-state index contributed by atoms with van der Waals surface area (Å²) in [4.78, 5) is 25.9. The molecule has 0 aliphatic carbocycles. The number of benzene rings is 2. The summed E-state index contributed by atoms with van der Waals surface area (Å²) >= 11 is 0. The average molecular weight is 310 g/mol. The van der Waals surface area contributed by atoms with Gasteiger partial charge in [-0.15, -0.1) is 0 Å². The van der Waals surface area contributed by atoms with Gasteiger partial charge in [0.25, 0.3) is 5.91 Å². The lowest BCUT2D eigenvalue weighted by Crippen LogP contribution is -2.34. The normalized spacial score (nSPS) is 17.4. The molecule has 1 saturated heterocycles. The molecule has 1 atom stereocenters. The van der Waals surface area contributed by atoms with E-state index in [1.54, 1.807) is 7.11 Å². The summed E-state index contributed by atoms with van der Waals surface area (Å²) in [6, 6.07) is 16.3. The molecule has 5 heteroatoms. The van der Waals surface area contributed by atoms with Crippen LogP contribution in [0.5, 0.6) is 5.75 Å². The first-order chi connectivity index (χ1) is 11.2. The van der Waals surface area contributed by atoms with E-state index in [1.165, 1.54) is 4.90 Å². The Morgan fingerprint density at radius 2 is 1.78 bits per heavy atom. The molecule has 1 aliphatic heterocycles. The Labute approximate surface area is 134 Å². The highest BCUT2D eigenvalue weighted by molar-refractivity contribution is 6.06. The van der Waals surface area contributed by atoms with Crippen molar-refractivity contribution in [2.24, 2.45) is 0 Å². The molecule has 2 aromatic carbocycles. The van der Waals surface area contributed by atoms with Crippen LogP contribution in [0.25, 0.3) is 0 Å². The van der Waals surface area contributed by atoms with E-state index in [-0.39, 0.29) is 18.2 Å². The van der Waals surface area contributed by atoms with Gasteiger partial charge in [-0.05, 0) is 29.8 Å². The molecule has 1 aliphatic rings. The first-order valence-electron chi connectivity index (χ1n) is 7.46. The van der Waals surface area contributed by atoms with Gasteiger partial charge in [-0.1, -0.05) is 30.3 Å². The number of anilines is 1. The minimum Gasteiger partial charge on any atom is -0.497 e. The maximum atomic E-state index is 12.5. The Balaban J connectivity index is 1.68. The molecule has 2 aromatic rings. The fourth-order valence-electron chi connectivity index (χ4n) is 2.62. The van der Waals surface area contributed by atoms with Gasteiger partial charge in [0.2, 0.25) is 5.91 Å². The first-order valence-corrected chi connectivity index (χ1v) is 7.46. The second kappa shape index (κ2) is 6.52. The number of carbonyl (C=O) groups is 2. The van der Waals surface area contributed by atoms with Crippen LogP contribution in [0, 0.1) is 0 Å². The highest BCUT2D eigenvalue weighted by Gasteiger charge is 2.38. The van der Waals surface area contributed by atoms with E-state index in [9.17, 15) is 9.59 Å². The third-order valence-electron chi connectivity index (χ3n) is 3.86. The molecule has 2 amide bonds. The quantitative estimate of drug-likeness (QED) is 0.862. The van der Waals surface area contributed by atoms with Crippen LogP contribution in [0.4, 0.5) is 5.69 Å². The number of carbonyl (C=O) groups excluding carboxylic acids is 2. The van der Waals surface area contributed by atoms with Gasteiger partial charge in [-0.3, -0.25) is 14.5 Å². The van der Waals surface area contributed by atoms with Crippen LogP contribution >= 0.6 is 0 Å². The molecule has 1 fully saturated rings. The van der Waals surface area contributed by atoms with E-state index in [1.807, 2.05) is 54.6 Å². The van der Waals surface area contributed by atoms with Gasteiger partial charge in [-0.2, -0.15) is 0 Å². The minimum atomic E-state index is -0.514. The Hall–Kier alpha value is -2.82. The van der Waals surface area contributed by atoms with Crippen molar-refractivity contribution in [3.05, 3.63) is 60.2 Å². The van der Waals surface area contributed by atoms with Crippen molar-refractivity contribution in [3.63, 3.8) is 0 Å². The van der Waals surface area contributed by atoms with Gasteiger partial charge in [0.1, 0.15) is 11.8 Å². The number of nitrogens with zero attached hydrogens (tertiary/aromatic N) is 1. The van der Waals surface area contributed by atoms with Gasteiger partial charge in [-0.25, -0.2) is 0 Å². The second-order valence-corrected chi connectivity index (χ2v) is 5.43. The van der Waals surface area contributed by atoms with Crippen LogP contribution in [0.2, 0.25) is 0 Å². The van der Waals surface area contributed by atoms with E-state index < -0.39 is 6.04 Å². The number of amides is 2. The van der Waals surface area contributed by atoms with Crippen LogP contribution in [-0.4, -0.2) is 29.9 Å². The molecule has 0 aromatic heterocycles. The van der Waals surface area contributed by atoms with E-state index in [4.69, 9.17) is 4.74 Å². The maximum absolute atomic E-state index is 12.5. The third-order valence-corrected chi connectivity index (χ3v) is 3.86. The topological polar surface area (TPSA) is 58.6 Å². The lowest BCUT2D eigenvalue weighted by Gasteiger charge is -2.16. The first kappa shape index (κ1) is 15.1. The molecule has 0 radical (unpaired) electrons. The Kier molecular flexibility index (Phi) is 4.28. The van der Waals surface area contributed by atoms with Gasteiger partial charge in [0.15, 0.2) is 0 Å². The van der Waals surface area contributed by atoms with Crippen LogP contribution in [0.1, 0.15) is 12.0 Å². The molecule has 118 valence electrons. The number of hydrogen-bond acceptors (Lipinski definition) is 4. The highest BCUT2D eigenvalue weighted by Crippen LogP contribution is 2.22. The van der Waals surface area contributed by atoms with Crippen molar-refractivity contribution >= 4 is 17.5 Å². The highest BCUT2D eigenvalue weighted by atomic mass is 16.5. The Morgan fingerprint density at radius 1 is 1.09 bits per heavy atom. The maximum Gasteiger partial charge on any atom is 0.252 e. The summed E-state index contributed by atoms with van der Waals surface area (Å²) in [5, 5.41) is 3.12. The Morgan fingerprint density at radius 3 is 2.43 bits per heavy atom. The number of likely N-dealkylation sites (tertiary alicyclic amines) is 1. The lowest BCUT2D eigenvalue weighted by atomic mass is 10.2. The predicted molar refractivity (Wildman–Crippen MR) is 87.0 cm³/mol. The molecule has 1 heterocycles. The molecular weight excluding hydrogens is 292 g/mol. The van der Waals surface area contributed by atoms with Gasteiger partial charge in [0, 0.05) is 5.69 Å². The summed E-state index contributed by atoms with van der Waals surface area (Å²) in [5.74, 6) is 0.412. The van der Waals surface area contributed by atoms with Crippen LogP contribution in [0.15, 0.2) is 54.6 Å². The number of methoxy groups -OCH3 is 1. The fourth-order valence-corrected chi connectivity index (χ4v) is 2.62. The zero-order chi connectivity index (χ0) is 16.2. The van der Waals surface area contributed by atoms with E-state index in [0.29, 0.717) is 6.54 Å². The zero-order valence-electron chi connectivity index (χ0n) is 12.9. The number of nitrogens with one attached hydrogen (secondary N) is 1. The summed E-state index contributed by atoms with van der Waals surface area (Å²) in [7, 11) is 1.60. The predicted octanol–water partition coefficient (Wildman–Crippen LogP) is 2.43. The summed E-state index contributed by atoms with van der Waals surface area (Å²) < 4.78 is 5.10. The SMILES string of the molecule is COc1ccc(N[C@H]2CC(=O)N(Cc3ccccc3)C2=O)cc1. The standard InChI is InChI=1S/C18H18N2O3/c1-23-15-9-7-14(8-10-15)19-16-11-17(21)20(18(16)22)12-13-5-3-2-4-6-13/h2-10,16,19H,11-12H2,1H3/t16-/m0/s1. The van der Waals surface area contributed by atoms with Gasteiger partial charge in [0.05, 0.1) is 20.1 Å². The molecule has 0 saturated carbocycles. The largest absolute Gasteiger partial charge is 0.497 e. The summed E-state index contributed by atoms with van der Waals surface area (Å²) in [6.45, 7) is 0.319. The third kappa shape index (κ3) is 3.34. The van der Waals surface area contributed by atoms with Gasteiger partial charge < -0.3 is 10.1 Å². The average Bonchev–Trinajstić information content (AvgIpc) is 2.84. The Bertz CT molecular complexity index is 698. The van der Waals surface area contributed by atoms with Gasteiger partial charge >= 0.3 is 0 Å². The van der Waals surface area contributed by atoms with Crippen molar-refractivity contribution in [2.45, 2.75) is 19.0 Å².